The number of hydrogen-bond donors (Lipinski definition) is 0. The summed E-state index contributed by atoms with van der Waals surface area (Å²) in [6, 6.07) is 13.0. The van der Waals surface area contributed by atoms with Crippen molar-refractivity contribution < 1.29 is 4.74 Å². The van der Waals surface area contributed by atoms with Crippen molar-refractivity contribution >= 4 is 33.3 Å². The fraction of sp³-hybridized carbons (Fsp3) is 0.464. The average Bonchev–Trinajstić information content (AvgIpc) is 3.26. The van der Waals surface area contributed by atoms with Crippen molar-refractivity contribution in [2.45, 2.75) is 70.8 Å². The lowest BCUT2D eigenvalue weighted by molar-refractivity contribution is 0.302. The molecular formula is C28H34N2OS. The topological polar surface area (TPSA) is 25.4 Å². The van der Waals surface area contributed by atoms with E-state index in [1.807, 2.05) is 11.3 Å². The van der Waals surface area contributed by atoms with Gasteiger partial charge < -0.3 is 9.64 Å². The van der Waals surface area contributed by atoms with Gasteiger partial charge in [-0.1, -0.05) is 56.9 Å². The van der Waals surface area contributed by atoms with E-state index in [1.54, 1.807) is 7.11 Å². The van der Waals surface area contributed by atoms with E-state index in [9.17, 15) is 0 Å². The molecule has 0 spiro atoms. The van der Waals surface area contributed by atoms with Crippen LogP contribution in [0, 0.1) is 5.92 Å². The van der Waals surface area contributed by atoms with Crippen LogP contribution in [0.25, 0.3) is 16.3 Å². The van der Waals surface area contributed by atoms with Crippen LogP contribution in [0.1, 0.15) is 80.3 Å². The summed E-state index contributed by atoms with van der Waals surface area (Å²) >= 11 is 1.89. The Morgan fingerprint density at radius 3 is 2.75 bits per heavy atom. The molecule has 32 heavy (non-hydrogen) atoms. The van der Waals surface area contributed by atoms with Crippen LogP contribution in [0.2, 0.25) is 0 Å². The van der Waals surface area contributed by atoms with Gasteiger partial charge in [0.05, 0.1) is 28.0 Å². The standard InChI is InChI=1S/C28H34N2OS/c1-3-4-5-8-20-11-13-22(14-12-20)28-29-24-17-26(31-2)25(18-27(24)32-28)30-16-15-21-9-6-7-10-23(21)19-30/h6-7,9-10,15-18,20,22H,3-5,8,11-14,19H2,1-2H3/t20-,22-. The third kappa shape index (κ3) is 4.43. The first-order valence-electron chi connectivity index (χ1n) is 12.3. The maximum absolute atomic E-state index is 5.80. The van der Waals surface area contributed by atoms with Gasteiger partial charge in [0.1, 0.15) is 5.75 Å². The van der Waals surface area contributed by atoms with Crippen molar-refractivity contribution in [3.8, 4) is 5.75 Å². The third-order valence-electron chi connectivity index (χ3n) is 7.26. The molecule has 3 nitrogen and oxygen atoms in total. The van der Waals surface area contributed by atoms with Crippen molar-refractivity contribution in [2.75, 3.05) is 12.0 Å². The van der Waals surface area contributed by atoms with Crippen molar-refractivity contribution in [3.05, 3.63) is 58.7 Å². The summed E-state index contributed by atoms with van der Waals surface area (Å²) in [7, 11) is 1.76. The first-order valence-corrected chi connectivity index (χ1v) is 13.1. The molecule has 1 fully saturated rings. The molecule has 0 unspecified atom stereocenters. The molecule has 1 saturated carbocycles. The fourth-order valence-electron chi connectivity index (χ4n) is 5.32. The van der Waals surface area contributed by atoms with E-state index >= 15 is 0 Å². The zero-order chi connectivity index (χ0) is 21.9. The number of rotatable bonds is 7. The predicted molar refractivity (Wildman–Crippen MR) is 137 cm³/mol. The van der Waals surface area contributed by atoms with Gasteiger partial charge >= 0.3 is 0 Å². The summed E-state index contributed by atoms with van der Waals surface area (Å²) < 4.78 is 7.07. The maximum Gasteiger partial charge on any atom is 0.144 e. The molecule has 0 N–H and O–H groups in total. The molecule has 2 aromatic carbocycles. The Morgan fingerprint density at radius 2 is 1.94 bits per heavy atom. The van der Waals surface area contributed by atoms with Gasteiger partial charge in [0, 0.05) is 24.7 Å². The Bertz CT molecular complexity index is 1090. The largest absolute Gasteiger partial charge is 0.494 e. The Labute approximate surface area is 196 Å². The minimum atomic E-state index is 0.631. The highest BCUT2D eigenvalue weighted by atomic mass is 32.1. The second-order valence-electron chi connectivity index (χ2n) is 9.40. The van der Waals surface area contributed by atoms with Crippen LogP contribution in [-0.2, 0) is 6.54 Å². The molecule has 2 heterocycles. The molecule has 3 aromatic rings. The third-order valence-corrected chi connectivity index (χ3v) is 8.44. The van der Waals surface area contributed by atoms with Gasteiger partial charge in [-0.3, -0.25) is 0 Å². The van der Waals surface area contributed by atoms with Crippen LogP contribution in [-0.4, -0.2) is 12.1 Å². The lowest BCUT2D eigenvalue weighted by Gasteiger charge is -2.27. The van der Waals surface area contributed by atoms with Crippen LogP contribution in [0.3, 0.4) is 0 Å². The molecule has 1 aromatic heterocycles. The van der Waals surface area contributed by atoms with Crippen molar-refractivity contribution in [1.29, 1.82) is 0 Å². The summed E-state index contributed by atoms with van der Waals surface area (Å²) in [5.41, 5.74) is 4.85. The molecule has 4 heteroatoms. The quantitative estimate of drug-likeness (QED) is 0.342. The van der Waals surface area contributed by atoms with Crippen molar-refractivity contribution in [1.82, 2.24) is 4.98 Å². The first-order chi connectivity index (χ1) is 15.7. The number of fused-ring (bicyclic) bond motifs is 2. The number of anilines is 1. The number of methoxy groups -OCH3 is 1. The van der Waals surface area contributed by atoms with Gasteiger partial charge in [-0.15, -0.1) is 11.3 Å². The summed E-state index contributed by atoms with van der Waals surface area (Å²) in [4.78, 5) is 7.36. The molecule has 5 rings (SSSR count). The van der Waals surface area contributed by atoms with Gasteiger partial charge in [-0.05, 0) is 54.9 Å². The Morgan fingerprint density at radius 1 is 1.09 bits per heavy atom. The van der Waals surface area contributed by atoms with E-state index in [-0.39, 0.29) is 0 Å². The molecule has 1 aliphatic heterocycles. The number of unbranched alkanes of at least 4 members (excludes halogenated alkanes) is 2. The summed E-state index contributed by atoms with van der Waals surface area (Å²) in [6.45, 7) is 3.16. The number of aromatic nitrogens is 1. The summed E-state index contributed by atoms with van der Waals surface area (Å²) in [6.07, 6.45) is 15.3. The monoisotopic (exact) mass is 446 g/mol. The van der Waals surface area contributed by atoms with Gasteiger partial charge in [-0.25, -0.2) is 4.98 Å². The Kier molecular flexibility index (Phi) is 6.49. The molecule has 2 aliphatic rings. The summed E-state index contributed by atoms with van der Waals surface area (Å²) in [5, 5.41) is 1.32. The van der Waals surface area contributed by atoms with E-state index in [1.165, 1.54) is 72.2 Å². The predicted octanol–water partition coefficient (Wildman–Crippen LogP) is 8.15. The normalized spacial score (nSPS) is 20.5. The smallest absolute Gasteiger partial charge is 0.144 e. The molecule has 0 amide bonds. The zero-order valence-corrected chi connectivity index (χ0v) is 20.2. The van der Waals surface area contributed by atoms with Crippen molar-refractivity contribution in [2.24, 2.45) is 5.92 Å². The minimum absolute atomic E-state index is 0.631. The molecule has 0 bridgehead atoms. The minimum Gasteiger partial charge on any atom is -0.494 e. The van der Waals surface area contributed by atoms with Gasteiger partial charge in [0.2, 0.25) is 0 Å². The van der Waals surface area contributed by atoms with E-state index in [0.29, 0.717) is 5.92 Å². The highest BCUT2D eigenvalue weighted by Gasteiger charge is 2.25. The van der Waals surface area contributed by atoms with Crippen LogP contribution in [0.4, 0.5) is 5.69 Å². The van der Waals surface area contributed by atoms with Gasteiger partial charge in [0.15, 0.2) is 0 Å². The number of nitrogens with zero attached hydrogens (tertiary/aromatic N) is 2. The molecular weight excluding hydrogens is 412 g/mol. The van der Waals surface area contributed by atoms with E-state index in [2.05, 4.69) is 60.5 Å². The lowest BCUT2D eigenvalue weighted by Crippen LogP contribution is -2.19. The fourth-order valence-corrected chi connectivity index (χ4v) is 6.47. The highest BCUT2D eigenvalue weighted by molar-refractivity contribution is 7.18. The van der Waals surface area contributed by atoms with Crippen molar-refractivity contribution in [3.63, 3.8) is 0 Å². The van der Waals surface area contributed by atoms with Gasteiger partial charge in [0.25, 0.3) is 0 Å². The maximum atomic E-state index is 5.80. The molecule has 0 saturated heterocycles. The first kappa shape index (κ1) is 21.5. The second kappa shape index (κ2) is 9.66. The summed E-state index contributed by atoms with van der Waals surface area (Å²) in [5.74, 6) is 2.47. The number of ether oxygens (including phenoxy) is 1. The molecule has 0 radical (unpaired) electrons. The van der Waals surface area contributed by atoms with Crippen LogP contribution in [0.15, 0.2) is 42.6 Å². The van der Waals surface area contributed by atoms with E-state index in [4.69, 9.17) is 9.72 Å². The van der Waals surface area contributed by atoms with Gasteiger partial charge in [-0.2, -0.15) is 0 Å². The van der Waals surface area contributed by atoms with Crippen LogP contribution < -0.4 is 9.64 Å². The van der Waals surface area contributed by atoms with Crippen LogP contribution >= 0.6 is 11.3 Å². The molecule has 1 aliphatic carbocycles. The van der Waals surface area contributed by atoms with E-state index < -0.39 is 0 Å². The SMILES string of the molecule is CCCCC[C@H]1CC[C@H](c2nc3cc(OC)c(N4C=Cc5ccccc5C4)cc3s2)CC1. The zero-order valence-electron chi connectivity index (χ0n) is 19.3. The van der Waals surface area contributed by atoms with Crippen LogP contribution in [0.5, 0.6) is 5.75 Å². The second-order valence-corrected chi connectivity index (χ2v) is 10.5. The number of benzene rings is 2. The number of hydrogen-bond acceptors (Lipinski definition) is 4. The Balaban J connectivity index is 1.34. The lowest BCUT2D eigenvalue weighted by atomic mass is 9.80. The highest BCUT2D eigenvalue weighted by Crippen LogP contribution is 2.43. The number of thiazole rings is 1. The van der Waals surface area contributed by atoms with E-state index in [0.717, 1.165) is 29.4 Å². The Hall–Kier alpha value is -2.33. The average molecular weight is 447 g/mol. The molecule has 168 valence electrons. The molecule has 0 atom stereocenters.